The van der Waals surface area contributed by atoms with E-state index in [4.69, 9.17) is 4.74 Å². The number of hydrogen-bond acceptors (Lipinski definition) is 3. The Hall–Kier alpha value is -0.380. The molecule has 2 atom stereocenters. The van der Waals surface area contributed by atoms with Crippen LogP contribution in [0.2, 0.25) is 0 Å². The fourth-order valence-corrected chi connectivity index (χ4v) is 2.01. The molecule has 68 valence electrons. The van der Waals surface area contributed by atoms with Gasteiger partial charge >= 0.3 is 0 Å². The summed E-state index contributed by atoms with van der Waals surface area (Å²) in [5.74, 6) is 0. The van der Waals surface area contributed by atoms with Crippen molar-refractivity contribution >= 4 is 0 Å². The molecule has 0 spiro atoms. The number of ether oxygens (including phenoxy) is 1. The average molecular weight is 168 g/mol. The highest BCUT2D eigenvalue weighted by Gasteiger charge is 2.31. The van der Waals surface area contributed by atoms with Crippen LogP contribution >= 0.6 is 0 Å². The molecule has 1 N–H and O–H groups in total. The van der Waals surface area contributed by atoms with Gasteiger partial charge in [-0.3, -0.25) is 4.90 Å². The van der Waals surface area contributed by atoms with Gasteiger partial charge in [-0.2, -0.15) is 0 Å². The molecule has 2 aliphatic heterocycles. The topological polar surface area (TPSA) is 24.5 Å². The van der Waals surface area contributed by atoms with Crippen LogP contribution in [-0.4, -0.2) is 50.3 Å². The van der Waals surface area contributed by atoms with Crippen LogP contribution in [0.5, 0.6) is 0 Å². The monoisotopic (exact) mass is 168 g/mol. The van der Waals surface area contributed by atoms with Gasteiger partial charge in [-0.1, -0.05) is 12.2 Å². The standard InChI is InChI=1S/C9H16N2O/c1-12-9-7-10-6-8(9)11-4-2-3-5-11/h2-3,8-10H,4-7H2,1H3/t8?,9-/m0/s1. The van der Waals surface area contributed by atoms with Crippen molar-refractivity contribution in [3.05, 3.63) is 12.2 Å². The van der Waals surface area contributed by atoms with Gasteiger partial charge in [0.2, 0.25) is 0 Å². The third-order valence-corrected chi connectivity index (χ3v) is 2.75. The molecule has 3 heteroatoms. The molecule has 12 heavy (non-hydrogen) atoms. The van der Waals surface area contributed by atoms with E-state index in [1.807, 2.05) is 0 Å². The van der Waals surface area contributed by atoms with Crippen LogP contribution < -0.4 is 5.32 Å². The molecule has 0 radical (unpaired) electrons. The van der Waals surface area contributed by atoms with Crippen LogP contribution in [-0.2, 0) is 4.74 Å². The summed E-state index contributed by atoms with van der Waals surface area (Å²) in [6.07, 6.45) is 4.83. The summed E-state index contributed by atoms with van der Waals surface area (Å²) >= 11 is 0. The third-order valence-electron chi connectivity index (χ3n) is 2.75. The lowest BCUT2D eigenvalue weighted by molar-refractivity contribution is 0.0558. The maximum absolute atomic E-state index is 5.40. The number of methoxy groups -OCH3 is 1. The summed E-state index contributed by atoms with van der Waals surface area (Å²) in [5, 5.41) is 3.36. The highest BCUT2D eigenvalue weighted by molar-refractivity contribution is 5.01. The van der Waals surface area contributed by atoms with Crippen molar-refractivity contribution in [3.8, 4) is 0 Å². The Balaban J connectivity index is 1.93. The first-order chi connectivity index (χ1) is 5.92. The minimum absolute atomic E-state index is 0.380. The summed E-state index contributed by atoms with van der Waals surface area (Å²) in [7, 11) is 1.80. The molecule has 1 saturated heterocycles. The van der Waals surface area contributed by atoms with Gasteiger partial charge in [-0.05, 0) is 0 Å². The minimum Gasteiger partial charge on any atom is -0.378 e. The van der Waals surface area contributed by atoms with Crippen LogP contribution in [0.15, 0.2) is 12.2 Å². The molecule has 0 amide bonds. The maximum atomic E-state index is 5.40. The molecule has 3 nitrogen and oxygen atoms in total. The molecule has 0 aromatic carbocycles. The van der Waals surface area contributed by atoms with Gasteiger partial charge in [0.05, 0.1) is 12.1 Å². The zero-order chi connectivity index (χ0) is 8.39. The van der Waals surface area contributed by atoms with Crippen LogP contribution in [0.1, 0.15) is 0 Å². The lowest BCUT2D eigenvalue weighted by Gasteiger charge is -2.27. The van der Waals surface area contributed by atoms with E-state index in [1.54, 1.807) is 7.11 Å². The summed E-state index contributed by atoms with van der Waals surface area (Å²) in [6.45, 7) is 4.25. The lowest BCUT2D eigenvalue weighted by atomic mass is 10.2. The summed E-state index contributed by atoms with van der Waals surface area (Å²) in [5.41, 5.74) is 0. The maximum Gasteiger partial charge on any atom is 0.0863 e. The van der Waals surface area contributed by atoms with Gasteiger partial charge in [0.25, 0.3) is 0 Å². The molecule has 2 heterocycles. The van der Waals surface area contributed by atoms with Crippen molar-refractivity contribution in [1.29, 1.82) is 0 Å². The molecular weight excluding hydrogens is 152 g/mol. The first kappa shape index (κ1) is 8.23. The number of nitrogens with one attached hydrogen (secondary N) is 1. The van der Waals surface area contributed by atoms with Crippen molar-refractivity contribution in [3.63, 3.8) is 0 Å². The lowest BCUT2D eigenvalue weighted by Crippen LogP contribution is -2.42. The number of nitrogens with zero attached hydrogens (tertiary/aromatic N) is 1. The highest BCUT2D eigenvalue weighted by Crippen LogP contribution is 2.14. The van der Waals surface area contributed by atoms with E-state index < -0.39 is 0 Å². The smallest absolute Gasteiger partial charge is 0.0863 e. The molecule has 0 aromatic heterocycles. The van der Waals surface area contributed by atoms with Gasteiger partial charge in [0.1, 0.15) is 0 Å². The zero-order valence-electron chi connectivity index (χ0n) is 7.49. The van der Waals surface area contributed by atoms with E-state index in [0.717, 1.165) is 26.2 Å². The zero-order valence-corrected chi connectivity index (χ0v) is 7.49. The summed E-state index contributed by atoms with van der Waals surface area (Å²) in [6, 6.07) is 0.574. The van der Waals surface area contributed by atoms with Crippen molar-refractivity contribution in [2.24, 2.45) is 0 Å². The second-order valence-electron chi connectivity index (χ2n) is 3.43. The van der Waals surface area contributed by atoms with Crippen molar-refractivity contribution in [1.82, 2.24) is 10.2 Å². The molecule has 0 aliphatic carbocycles. The summed E-state index contributed by atoms with van der Waals surface area (Å²) in [4.78, 5) is 2.45. The molecule has 0 bridgehead atoms. The Labute approximate surface area is 73.4 Å². The molecule has 2 rings (SSSR count). The van der Waals surface area contributed by atoms with Gasteiger partial charge in [-0.15, -0.1) is 0 Å². The van der Waals surface area contributed by atoms with Crippen LogP contribution in [0.25, 0.3) is 0 Å². The molecule has 1 unspecified atom stereocenters. The Bertz CT molecular complexity index is 173. The van der Waals surface area contributed by atoms with E-state index in [-0.39, 0.29) is 0 Å². The Morgan fingerprint density at radius 2 is 2.08 bits per heavy atom. The van der Waals surface area contributed by atoms with E-state index in [0.29, 0.717) is 12.1 Å². The second kappa shape index (κ2) is 3.56. The van der Waals surface area contributed by atoms with Gasteiger partial charge in [-0.25, -0.2) is 0 Å². The first-order valence-electron chi connectivity index (χ1n) is 4.54. The van der Waals surface area contributed by atoms with E-state index in [9.17, 15) is 0 Å². The molecule has 0 aromatic rings. The fourth-order valence-electron chi connectivity index (χ4n) is 2.01. The fraction of sp³-hybridized carbons (Fsp3) is 0.778. The molecule has 0 saturated carbocycles. The van der Waals surface area contributed by atoms with Crippen LogP contribution in [0.3, 0.4) is 0 Å². The van der Waals surface area contributed by atoms with Crippen LogP contribution in [0, 0.1) is 0 Å². The average Bonchev–Trinajstić information content (AvgIpc) is 2.74. The third kappa shape index (κ3) is 1.40. The van der Waals surface area contributed by atoms with E-state index in [1.165, 1.54) is 0 Å². The Morgan fingerprint density at radius 3 is 2.75 bits per heavy atom. The molecule has 1 fully saturated rings. The van der Waals surface area contributed by atoms with Crippen molar-refractivity contribution in [2.75, 3.05) is 33.3 Å². The predicted molar refractivity (Wildman–Crippen MR) is 48.2 cm³/mol. The van der Waals surface area contributed by atoms with Crippen LogP contribution in [0.4, 0.5) is 0 Å². The molecule has 2 aliphatic rings. The minimum atomic E-state index is 0.380. The normalized spacial score (nSPS) is 36.4. The van der Waals surface area contributed by atoms with Crippen molar-refractivity contribution < 1.29 is 4.74 Å². The SMILES string of the molecule is CO[C@H]1CNCC1N1CC=CC1. The summed E-state index contributed by atoms with van der Waals surface area (Å²) < 4.78 is 5.40. The predicted octanol–water partition coefficient (Wildman–Crippen LogP) is -0.155. The first-order valence-corrected chi connectivity index (χ1v) is 4.54. The quantitative estimate of drug-likeness (QED) is 0.580. The van der Waals surface area contributed by atoms with Gasteiger partial charge < -0.3 is 10.1 Å². The van der Waals surface area contributed by atoms with Crippen molar-refractivity contribution in [2.45, 2.75) is 12.1 Å². The number of hydrogen-bond donors (Lipinski definition) is 1. The van der Waals surface area contributed by atoms with Gasteiger partial charge in [0, 0.05) is 33.3 Å². The Kier molecular flexibility index (Phi) is 2.44. The van der Waals surface area contributed by atoms with Gasteiger partial charge in [0.15, 0.2) is 0 Å². The van der Waals surface area contributed by atoms with E-state index >= 15 is 0 Å². The Morgan fingerprint density at radius 1 is 1.33 bits per heavy atom. The highest BCUT2D eigenvalue weighted by atomic mass is 16.5. The number of rotatable bonds is 2. The van der Waals surface area contributed by atoms with E-state index in [2.05, 4.69) is 22.4 Å². The second-order valence-corrected chi connectivity index (χ2v) is 3.43. The molecular formula is C9H16N2O. The largest absolute Gasteiger partial charge is 0.378 e.